The van der Waals surface area contributed by atoms with Crippen LogP contribution in [0.4, 0.5) is 10.1 Å². The second-order valence-corrected chi connectivity index (χ2v) is 6.67. The van der Waals surface area contributed by atoms with E-state index in [0.29, 0.717) is 10.2 Å². The number of nitro groups is 1. The van der Waals surface area contributed by atoms with Crippen molar-refractivity contribution in [3.8, 4) is 0 Å². The maximum Gasteiger partial charge on any atom is 0.307 e. The van der Waals surface area contributed by atoms with Crippen LogP contribution in [0.15, 0.2) is 47.5 Å². The van der Waals surface area contributed by atoms with Crippen molar-refractivity contribution in [3.63, 3.8) is 0 Å². The average molecular weight is 403 g/mol. The number of thiazole rings is 1. The van der Waals surface area contributed by atoms with Gasteiger partial charge < -0.3 is 9.30 Å². The number of hydrogen-bond donors (Lipinski definition) is 0. The Balaban J connectivity index is 2.12. The predicted molar refractivity (Wildman–Crippen MR) is 99.4 cm³/mol. The van der Waals surface area contributed by atoms with E-state index in [2.05, 4.69) is 9.73 Å². The van der Waals surface area contributed by atoms with Gasteiger partial charge in [0.15, 0.2) is 4.80 Å². The lowest BCUT2D eigenvalue weighted by Crippen LogP contribution is -2.19. The van der Waals surface area contributed by atoms with E-state index in [0.717, 1.165) is 11.3 Å². The molecule has 8 nitrogen and oxygen atoms in total. The molecule has 0 saturated carbocycles. The number of amides is 1. The second kappa shape index (κ2) is 8.09. The zero-order valence-electron chi connectivity index (χ0n) is 14.6. The van der Waals surface area contributed by atoms with Crippen LogP contribution >= 0.6 is 11.3 Å². The molecule has 0 spiro atoms. The molecule has 2 aromatic carbocycles. The van der Waals surface area contributed by atoms with Crippen LogP contribution in [0.3, 0.4) is 0 Å². The first kappa shape index (κ1) is 19.4. The summed E-state index contributed by atoms with van der Waals surface area (Å²) in [5.41, 5.74) is 0.0737. The van der Waals surface area contributed by atoms with Gasteiger partial charge in [-0.05, 0) is 24.3 Å². The van der Waals surface area contributed by atoms with E-state index in [1.54, 1.807) is 4.57 Å². The van der Waals surface area contributed by atoms with Crippen LogP contribution in [0, 0.1) is 15.9 Å². The number of fused-ring (bicyclic) bond motifs is 1. The summed E-state index contributed by atoms with van der Waals surface area (Å²) < 4.78 is 20.3. The Morgan fingerprint density at radius 1 is 1.29 bits per heavy atom. The molecule has 0 aliphatic rings. The highest BCUT2D eigenvalue weighted by molar-refractivity contribution is 7.16. The van der Waals surface area contributed by atoms with Crippen molar-refractivity contribution >= 4 is 39.1 Å². The van der Waals surface area contributed by atoms with Gasteiger partial charge in [0.25, 0.3) is 11.6 Å². The van der Waals surface area contributed by atoms with Crippen molar-refractivity contribution in [3.05, 3.63) is 68.8 Å². The normalized spacial score (nSPS) is 11.6. The first-order valence-electron chi connectivity index (χ1n) is 8.09. The summed E-state index contributed by atoms with van der Waals surface area (Å²) in [5.74, 6) is -1.71. The second-order valence-electron chi connectivity index (χ2n) is 5.67. The molecule has 0 atom stereocenters. The lowest BCUT2D eigenvalue weighted by Gasteiger charge is -2.04. The summed E-state index contributed by atoms with van der Waals surface area (Å²) in [5, 5.41) is 11.2. The maximum atomic E-state index is 13.6. The lowest BCUT2D eigenvalue weighted by molar-refractivity contribution is -0.385. The van der Waals surface area contributed by atoms with Crippen molar-refractivity contribution < 1.29 is 23.6 Å². The van der Waals surface area contributed by atoms with Crippen LogP contribution in [0.2, 0.25) is 0 Å². The minimum Gasteiger partial charge on any atom is -0.469 e. The summed E-state index contributed by atoms with van der Waals surface area (Å²) in [4.78, 5) is 38.8. The molecule has 3 aromatic rings. The minimum absolute atomic E-state index is 0.0204. The Morgan fingerprint density at radius 2 is 2.04 bits per heavy atom. The Labute approximate surface area is 161 Å². The SMILES string of the molecule is COC(=O)CCn1c(=NC(=O)c2ccccc2[N+](=O)[O-])sc2cc(F)ccc21. The number of carbonyl (C=O) groups is 2. The number of esters is 1. The summed E-state index contributed by atoms with van der Waals surface area (Å²) in [6, 6.07) is 9.56. The highest BCUT2D eigenvalue weighted by Gasteiger charge is 2.19. The van der Waals surface area contributed by atoms with Crippen LogP contribution in [-0.2, 0) is 16.1 Å². The summed E-state index contributed by atoms with van der Waals surface area (Å²) in [7, 11) is 1.26. The number of ether oxygens (including phenoxy) is 1. The van der Waals surface area contributed by atoms with Gasteiger partial charge in [0.05, 0.1) is 28.7 Å². The number of rotatable bonds is 5. The molecule has 1 heterocycles. The Kier molecular flexibility index (Phi) is 5.59. The fourth-order valence-electron chi connectivity index (χ4n) is 2.61. The third-order valence-electron chi connectivity index (χ3n) is 3.94. The molecule has 144 valence electrons. The Morgan fingerprint density at radius 3 is 2.75 bits per heavy atom. The number of aromatic nitrogens is 1. The predicted octanol–water partition coefficient (Wildman–Crippen LogP) is 3.05. The van der Waals surface area contributed by atoms with Crippen LogP contribution < -0.4 is 4.80 Å². The largest absolute Gasteiger partial charge is 0.469 e. The molecule has 0 bridgehead atoms. The van der Waals surface area contributed by atoms with Gasteiger partial charge in [0.2, 0.25) is 0 Å². The van der Waals surface area contributed by atoms with Gasteiger partial charge in [-0.15, -0.1) is 0 Å². The molecule has 28 heavy (non-hydrogen) atoms. The smallest absolute Gasteiger partial charge is 0.307 e. The van der Waals surface area contributed by atoms with Crippen molar-refractivity contribution in [1.29, 1.82) is 0 Å². The van der Waals surface area contributed by atoms with Crippen LogP contribution in [0.5, 0.6) is 0 Å². The number of para-hydroxylation sites is 1. The third-order valence-corrected chi connectivity index (χ3v) is 4.98. The van der Waals surface area contributed by atoms with E-state index < -0.39 is 22.6 Å². The molecule has 3 rings (SSSR count). The maximum absolute atomic E-state index is 13.6. The van der Waals surface area contributed by atoms with Gasteiger partial charge in [0.1, 0.15) is 11.4 Å². The number of halogens is 1. The first-order valence-corrected chi connectivity index (χ1v) is 8.90. The monoisotopic (exact) mass is 403 g/mol. The van der Waals surface area contributed by atoms with E-state index in [1.807, 2.05) is 0 Å². The molecule has 0 aliphatic heterocycles. The summed E-state index contributed by atoms with van der Waals surface area (Å²) >= 11 is 1.05. The van der Waals surface area contributed by atoms with E-state index in [-0.39, 0.29) is 29.0 Å². The van der Waals surface area contributed by atoms with Gasteiger partial charge >= 0.3 is 5.97 Å². The molecule has 1 aromatic heterocycles. The molecule has 0 aliphatic carbocycles. The number of carbonyl (C=O) groups excluding carboxylic acids is 2. The first-order chi connectivity index (χ1) is 13.4. The van der Waals surface area contributed by atoms with Crippen molar-refractivity contribution in [2.45, 2.75) is 13.0 Å². The molecule has 0 saturated heterocycles. The lowest BCUT2D eigenvalue weighted by atomic mass is 10.2. The number of nitrogens with zero attached hydrogens (tertiary/aromatic N) is 3. The van der Waals surface area contributed by atoms with Crippen molar-refractivity contribution in [2.24, 2.45) is 4.99 Å². The molecule has 0 unspecified atom stereocenters. The molecule has 1 amide bonds. The number of aryl methyl sites for hydroxylation is 1. The van der Waals surface area contributed by atoms with Gasteiger partial charge in [0, 0.05) is 12.6 Å². The van der Waals surface area contributed by atoms with Crippen LogP contribution in [-0.4, -0.2) is 28.5 Å². The number of hydrogen-bond acceptors (Lipinski definition) is 6. The zero-order valence-corrected chi connectivity index (χ0v) is 15.4. The van der Waals surface area contributed by atoms with E-state index in [4.69, 9.17) is 0 Å². The summed E-state index contributed by atoms with van der Waals surface area (Å²) in [6.07, 6.45) is 0.0204. The number of nitro benzene ring substituents is 1. The number of benzene rings is 2. The van der Waals surface area contributed by atoms with E-state index in [9.17, 15) is 24.1 Å². The molecule has 0 radical (unpaired) electrons. The van der Waals surface area contributed by atoms with Crippen molar-refractivity contribution in [1.82, 2.24) is 4.57 Å². The highest BCUT2D eigenvalue weighted by atomic mass is 32.1. The molecule has 0 fully saturated rings. The summed E-state index contributed by atoms with van der Waals surface area (Å²) in [6.45, 7) is 0.154. The zero-order chi connectivity index (χ0) is 20.3. The minimum atomic E-state index is -0.800. The van der Waals surface area contributed by atoms with E-state index >= 15 is 0 Å². The average Bonchev–Trinajstić information content (AvgIpc) is 3.01. The molecular weight excluding hydrogens is 389 g/mol. The van der Waals surface area contributed by atoms with Gasteiger partial charge in [-0.25, -0.2) is 4.39 Å². The Hall–Kier alpha value is -3.40. The molecular formula is C18H14FN3O5S. The van der Waals surface area contributed by atoms with Gasteiger partial charge in [-0.2, -0.15) is 4.99 Å². The van der Waals surface area contributed by atoms with Crippen molar-refractivity contribution in [2.75, 3.05) is 7.11 Å². The standard InChI is InChI=1S/C18H14FN3O5S/c1-27-16(23)8-9-21-14-7-6-11(19)10-15(14)28-18(21)20-17(24)12-4-2-3-5-13(12)22(25)26/h2-7,10H,8-9H2,1H3. The fraction of sp³-hybridized carbons (Fsp3) is 0.167. The Bertz CT molecular complexity index is 1150. The molecule has 10 heteroatoms. The van der Waals surface area contributed by atoms with Gasteiger partial charge in [-0.3, -0.25) is 19.7 Å². The van der Waals surface area contributed by atoms with Crippen LogP contribution in [0.1, 0.15) is 16.8 Å². The quantitative estimate of drug-likeness (QED) is 0.370. The topological polar surface area (TPSA) is 104 Å². The third kappa shape index (κ3) is 3.96. The van der Waals surface area contributed by atoms with Crippen LogP contribution in [0.25, 0.3) is 10.2 Å². The number of methoxy groups -OCH3 is 1. The molecule has 0 N–H and O–H groups in total. The van der Waals surface area contributed by atoms with E-state index in [1.165, 1.54) is 49.6 Å². The highest BCUT2D eigenvalue weighted by Crippen LogP contribution is 2.21. The fourth-order valence-corrected chi connectivity index (χ4v) is 3.69. The van der Waals surface area contributed by atoms with Gasteiger partial charge in [-0.1, -0.05) is 23.5 Å².